The number of carbonyl (C=O) groups excluding carboxylic acids is 1. The van der Waals surface area contributed by atoms with Crippen LogP contribution in [0.1, 0.15) is 73.0 Å². The fourth-order valence-corrected chi connectivity index (χ4v) is 5.14. The van der Waals surface area contributed by atoms with Gasteiger partial charge in [-0.15, -0.1) is 0 Å². The van der Waals surface area contributed by atoms with Crippen molar-refractivity contribution in [2.45, 2.75) is 56.9 Å². The number of hydrogen-bond donors (Lipinski definition) is 3. The van der Waals surface area contributed by atoms with Gasteiger partial charge in [0.15, 0.2) is 0 Å². The van der Waals surface area contributed by atoms with Gasteiger partial charge in [0.25, 0.3) is 11.5 Å². The molecule has 8 heteroatoms. The highest BCUT2D eigenvalue weighted by Gasteiger charge is 2.28. The Morgan fingerprint density at radius 3 is 2.38 bits per heavy atom. The van der Waals surface area contributed by atoms with Crippen LogP contribution in [-0.4, -0.2) is 46.5 Å². The van der Waals surface area contributed by atoms with Gasteiger partial charge >= 0.3 is 5.69 Å². The summed E-state index contributed by atoms with van der Waals surface area (Å²) in [6.07, 6.45) is 6.93. The molecule has 1 aliphatic carbocycles. The van der Waals surface area contributed by atoms with E-state index < -0.39 is 17.2 Å². The Morgan fingerprint density at radius 1 is 1.03 bits per heavy atom. The van der Waals surface area contributed by atoms with Gasteiger partial charge in [-0.3, -0.25) is 14.2 Å². The molecule has 1 aliphatic heterocycles. The minimum absolute atomic E-state index is 0.110. The van der Waals surface area contributed by atoms with Crippen LogP contribution in [0.4, 0.5) is 5.69 Å². The lowest BCUT2D eigenvalue weighted by molar-refractivity contribution is 0.0995. The number of amides is 1. The number of likely N-dealkylation sites (tertiary alicyclic amines) is 1. The number of aromatic nitrogens is 2. The molecule has 1 aromatic heterocycles. The molecule has 1 saturated carbocycles. The number of nitrogens with two attached hydrogens (primary N) is 1. The average Bonchev–Trinajstić information content (AvgIpc) is 2.82. The number of carbonyl (C=O) groups is 1. The van der Waals surface area contributed by atoms with Gasteiger partial charge < -0.3 is 20.9 Å². The molecule has 0 unspecified atom stereocenters. The van der Waals surface area contributed by atoms with Gasteiger partial charge in [-0.05, 0) is 63.1 Å². The SMILES string of the molecule is NC(=O)c1[nH]c(=O)n(C2CCC(c3ccccc3)CC2)c(=O)c1NCCN1CCCCC1. The van der Waals surface area contributed by atoms with E-state index in [9.17, 15) is 14.4 Å². The Bertz CT molecular complexity index is 1030. The van der Waals surface area contributed by atoms with E-state index in [1.54, 1.807) is 0 Å². The molecule has 0 bridgehead atoms. The van der Waals surface area contributed by atoms with Crippen LogP contribution >= 0.6 is 0 Å². The molecule has 8 nitrogen and oxygen atoms in total. The van der Waals surface area contributed by atoms with Crippen molar-refractivity contribution in [3.05, 3.63) is 62.4 Å². The smallest absolute Gasteiger partial charge is 0.329 e. The summed E-state index contributed by atoms with van der Waals surface area (Å²) in [7, 11) is 0. The van der Waals surface area contributed by atoms with Gasteiger partial charge in [-0.1, -0.05) is 36.8 Å². The lowest BCUT2D eigenvalue weighted by Crippen LogP contribution is -2.43. The monoisotopic (exact) mass is 439 g/mol. The normalized spacial score (nSPS) is 21.9. The molecule has 172 valence electrons. The topological polar surface area (TPSA) is 113 Å². The van der Waals surface area contributed by atoms with Gasteiger partial charge in [0.05, 0.1) is 0 Å². The number of primary amides is 1. The molecule has 0 spiro atoms. The van der Waals surface area contributed by atoms with Gasteiger partial charge in [-0.25, -0.2) is 4.79 Å². The van der Waals surface area contributed by atoms with Crippen molar-refractivity contribution in [2.24, 2.45) is 5.73 Å². The quantitative estimate of drug-likeness (QED) is 0.613. The number of hydrogen-bond acceptors (Lipinski definition) is 5. The second-order valence-corrected chi connectivity index (χ2v) is 8.96. The molecule has 0 atom stereocenters. The molecular formula is C24H33N5O3. The van der Waals surface area contributed by atoms with E-state index in [1.165, 1.54) is 29.4 Å². The summed E-state index contributed by atoms with van der Waals surface area (Å²) < 4.78 is 1.29. The molecule has 0 radical (unpaired) electrons. The summed E-state index contributed by atoms with van der Waals surface area (Å²) in [4.78, 5) is 42.9. The first-order valence-corrected chi connectivity index (χ1v) is 11.7. The molecule has 2 aliphatic rings. The highest BCUT2D eigenvalue weighted by atomic mass is 16.2. The number of anilines is 1. The van der Waals surface area contributed by atoms with Crippen molar-refractivity contribution < 1.29 is 4.79 Å². The predicted octanol–water partition coefficient (Wildman–Crippen LogP) is 2.43. The molecule has 4 rings (SSSR count). The zero-order chi connectivity index (χ0) is 22.5. The fraction of sp³-hybridized carbons (Fsp3) is 0.542. The molecule has 2 aromatic rings. The van der Waals surface area contributed by atoms with Gasteiger partial charge in [0.2, 0.25) is 0 Å². The zero-order valence-electron chi connectivity index (χ0n) is 18.5. The lowest BCUT2D eigenvalue weighted by atomic mass is 9.81. The zero-order valence-corrected chi connectivity index (χ0v) is 18.5. The summed E-state index contributed by atoms with van der Waals surface area (Å²) in [5.41, 5.74) is 5.74. The number of rotatable bonds is 7. The molecule has 1 amide bonds. The predicted molar refractivity (Wildman–Crippen MR) is 125 cm³/mol. The Morgan fingerprint density at radius 2 is 1.72 bits per heavy atom. The summed E-state index contributed by atoms with van der Waals surface area (Å²) >= 11 is 0. The maximum atomic E-state index is 13.3. The summed E-state index contributed by atoms with van der Waals surface area (Å²) in [6.45, 7) is 3.39. The third-order valence-electron chi connectivity index (χ3n) is 6.89. The Hall–Kier alpha value is -2.87. The highest BCUT2D eigenvalue weighted by Crippen LogP contribution is 2.37. The maximum absolute atomic E-state index is 13.3. The molecule has 1 aromatic carbocycles. The highest BCUT2D eigenvalue weighted by molar-refractivity contribution is 5.96. The number of piperidine rings is 1. The van der Waals surface area contributed by atoms with Gasteiger partial charge in [0.1, 0.15) is 11.4 Å². The van der Waals surface area contributed by atoms with E-state index in [0.29, 0.717) is 12.5 Å². The third kappa shape index (κ3) is 4.96. The van der Waals surface area contributed by atoms with Gasteiger partial charge in [-0.2, -0.15) is 0 Å². The van der Waals surface area contributed by atoms with Crippen LogP contribution in [-0.2, 0) is 0 Å². The van der Waals surface area contributed by atoms with E-state index in [2.05, 4.69) is 27.3 Å². The maximum Gasteiger partial charge on any atom is 0.329 e. The standard InChI is InChI=1S/C24H33N5O3/c25-22(30)20-21(26-13-16-28-14-5-2-6-15-28)23(31)29(24(32)27-20)19-11-9-18(10-12-19)17-7-3-1-4-8-17/h1,3-4,7-8,18-19,26H,2,5-6,9-16H2,(H2,25,30)(H,27,32). The van der Waals surface area contributed by atoms with Crippen molar-refractivity contribution in [1.82, 2.24) is 14.5 Å². The number of nitrogens with one attached hydrogen (secondary N) is 2. The Kier molecular flexibility index (Phi) is 7.09. The average molecular weight is 440 g/mol. The molecule has 32 heavy (non-hydrogen) atoms. The molecule has 2 fully saturated rings. The van der Waals surface area contributed by atoms with E-state index in [-0.39, 0.29) is 17.4 Å². The summed E-state index contributed by atoms with van der Waals surface area (Å²) in [5.74, 6) is -0.367. The van der Waals surface area contributed by atoms with Crippen LogP contribution in [0.15, 0.2) is 39.9 Å². The second-order valence-electron chi connectivity index (χ2n) is 8.96. The molecule has 4 N–H and O–H groups in total. The van der Waals surface area contributed by atoms with Crippen molar-refractivity contribution in [2.75, 3.05) is 31.5 Å². The first kappa shape index (κ1) is 22.3. The van der Waals surface area contributed by atoms with Gasteiger partial charge in [0, 0.05) is 19.1 Å². The van der Waals surface area contributed by atoms with Crippen LogP contribution in [0.25, 0.3) is 0 Å². The van der Waals surface area contributed by atoms with Crippen molar-refractivity contribution >= 4 is 11.6 Å². The van der Waals surface area contributed by atoms with E-state index >= 15 is 0 Å². The largest absolute Gasteiger partial charge is 0.377 e. The first-order valence-electron chi connectivity index (χ1n) is 11.7. The summed E-state index contributed by atoms with van der Waals surface area (Å²) in [6, 6.07) is 10.2. The molecule has 1 saturated heterocycles. The number of benzene rings is 1. The first-order chi connectivity index (χ1) is 15.5. The lowest BCUT2D eigenvalue weighted by Gasteiger charge is -2.30. The number of nitrogens with zero attached hydrogens (tertiary/aromatic N) is 2. The van der Waals surface area contributed by atoms with Crippen LogP contribution in [0.3, 0.4) is 0 Å². The van der Waals surface area contributed by atoms with E-state index in [4.69, 9.17) is 5.73 Å². The molecular weight excluding hydrogens is 406 g/mol. The van der Waals surface area contributed by atoms with Crippen LogP contribution in [0.5, 0.6) is 0 Å². The third-order valence-corrected chi connectivity index (χ3v) is 6.89. The van der Waals surface area contributed by atoms with Crippen LogP contribution in [0.2, 0.25) is 0 Å². The van der Waals surface area contributed by atoms with Crippen molar-refractivity contribution in [3.8, 4) is 0 Å². The van der Waals surface area contributed by atoms with Crippen molar-refractivity contribution in [3.63, 3.8) is 0 Å². The number of aromatic amines is 1. The second kappa shape index (κ2) is 10.2. The van der Waals surface area contributed by atoms with Crippen LogP contribution in [0, 0.1) is 0 Å². The summed E-state index contributed by atoms with van der Waals surface area (Å²) in [5, 5.41) is 3.11. The minimum atomic E-state index is -0.806. The van der Waals surface area contributed by atoms with E-state index in [1.807, 2.05) is 18.2 Å². The minimum Gasteiger partial charge on any atom is -0.377 e. The van der Waals surface area contributed by atoms with Crippen molar-refractivity contribution in [1.29, 1.82) is 0 Å². The van der Waals surface area contributed by atoms with Crippen LogP contribution < -0.4 is 22.3 Å². The fourth-order valence-electron chi connectivity index (χ4n) is 5.14. The Labute approximate surface area is 187 Å². The Balaban J connectivity index is 1.51. The number of H-pyrrole nitrogens is 1. The molecule has 2 heterocycles. The van der Waals surface area contributed by atoms with E-state index in [0.717, 1.165) is 45.3 Å².